The summed E-state index contributed by atoms with van der Waals surface area (Å²) in [5.74, 6) is -1.18. The summed E-state index contributed by atoms with van der Waals surface area (Å²) in [6.07, 6.45) is 1.16. The highest BCUT2D eigenvalue weighted by molar-refractivity contribution is 5.94. The predicted octanol–water partition coefficient (Wildman–Crippen LogP) is -1.31. The maximum Gasteiger partial charge on any atom is 0.419 e. The van der Waals surface area contributed by atoms with Gasteiger partial charge in [0.25, 0.3) is 5.91 Å². The van der Waals surface area contributed by atoms with Crippen LogP contribution in [-0.4, -0.2) is 30.6 Å². The zero-order chi connectivity index (χ0) is 10.8. The fourth-order valence-electron chi connectivity index (χ4n) is 1.31. The van der Waals surface area contributed by atoms with Crippen LogP contribution >= 0.6 is 0 Å². The second-order valence-corrected chi connectivity index (χ2v) is 2.95. The molecule has 0 radical (unpaired) electrons. The first-order valence-electron chi connectivity index (χ1n) is 4.29. The van der Waals surface area contributed by atoms with Crippen LogP contribution < -0.4 is 16.3 Å². The second-order valence-electron chi connectivity index (χ2n) is 2.95. The Bertz CT molecular complexity index is 488. The molecule has 15 heavy (non-hydrogen) atoms. The number of aromatic nitrogens is 1. The lowest BCUT2D eigenvalue weighted by Gasteiger charge is -2.24. The molecule has 2 rings (SSSR count). The maximum atomic E-state index is 11.4. The van der Waals surface area contributed by atoms with E-state index < -0.39 is 11.4 Å². The van der Waals surface area contributed by atoms with Gasteiger partial charge in [0.15, 0.2) is 0 Å². The Morgan fingerprint density at radius 1 is 1.33 bits per heavy atom. The third kappa shape index (κ3) is 1.82. The Morgan fingerprint density at radius 3 is 2.80 bits per heavy atom. The molecule has 0 aromatic carbocycles. The number of amides is 1. The molecule has 2 heterocycles. The lowest BCUT2D eigenvalue weighted by Crippen LogP contribution is -2.44. The molecule has 1 aromatic heterocycles. The highest BCUT2D eigenvalue weighted by Gasteiger charge is 2.23. The normalized spacial score (nSPS) is 16.8. The van der Waals surface area contributed by atoms with Crippen molar-refractivity contribution >= 4 is 11.6 Å². The third-order valence-corrected chi connectivity index (χ3v) is 2.00. The van der Waals surface area contributed by atoms with Crippen LogP contribution in [0, 0.1) is 0 Å². The minimum absolute atomic E-state index is 0.0305. The Morgan fingerprint density at radius 2 is 2.13 bits per heavy atom. The summed E-state index contributed by atoms with van der Waals surface area (Å²) in [6, 6.07) is 0. The van der Waals surface area contributed by atoms with Crippen LogP contribution in [0.5, 0.6) is 0 Å². The smallest absolute Gasteiger partial charge is 0.371 e. The molecule has 80 valence electrons. The van der Waals surface area contributed by atoms with Crippen LogP contribution in [0.3, 0.4) is 0 Å². The number of hydrogen-bond acceptors (Lipinski definition) is 5. The van der Waals surface area contributed by atoms with Crippen molar-refractivity contribution in [2.24, 2.45) is 0 Å². The molecule has 7 nitrogen and oxygen atoms in total. The highest BCUT2D eigenvalue weighted by Crippen LogP contribution is 2.08. The van der Waals surface area contributed by atoms with Gasteiger partial charge < -0.3 is 14.1 Å². The summed E-state index contributed by atoms with van der Waals surface area (Å²) < 4.78 is 9.21. The van der Waals surface area contributed by atoms with Gasteiger partial charge >= 0.3 is 11.4 Å². The molecule has 0 unspecified atom stereocenters. The van der Waals surface area contributed by atoms with E-state index in [0.29, 0.717) is 6.61 Å². The van der Waals surface area contributed by atoms with Gasteiger partial charge in [-0.2, -0.15) is 0 Å². The van der Waals surface area contributed by atoms with Crippen molar-refractivity contribution in [2.45, 2.75) is 0 Å². The number of nitrogens with one attached hydrogen (secondary N) is 1. The van der Waals surface area contributed by atoms with E-state index in [9.17, 15) is 14.4 Å². The fraction of sp³-hybridized carbons (Fsp3) is 0.375. The topological polar surface area (TPSA) is 92.6 Å². The van der Waals surface area contributed by atoms with Gasteiger partial charge in [0, 0.05) is 12.7 Å². The van der Waals surface area contributed by atoms with Gasteiger partial charge in [0.2, 0.25) is 0 Å². The van der Waals surface area contributed by atoms with Crippen LogP contribution in [0.15, 0.2) is 20.2 Å². The number of rotatable bonds is 1. The molecule has 0 saturated carbocycles. The van der Waals surface area contributed by atoms with Crippen LogP contribution in [0.1, 0.15) is 0 Å². The number of morpholine rings is 1. The molecule has 0 aliphatic carbocycles. The van der Waals surface area contributed by atoms with E-state index in [1.165, 1.54) is 4.90 Å². The van der Waals surface area contributed by atoms with E-state index in [0.717, 1.165) is 6.20 Å². The van der Waals surface area contributed by atoms with Gasteiger partial charge in [-0.15, -0.1) is 0 Å². The van der Waals surface area contributed by atoms with Crippen molar-refractivity contribution in [1.82, 2.24) is 4.98 Å². The van der Waals surface area contributed by atoms with Gasteiger partial charge in [-0.25, -0.2) is 9.59 Å². The molecule has 7 heteroatoms. The number of aromatic amines is 1. The molecule has 1 aromatic rings. The number of nitrogens with zero attached hydrogens (tertiary/aromatic N) is 1. The van der Waals surface area contributed by atoms with Crippen molar-refractivity contribution in [3.05, 3.63) is 27.2 Å². The third-order valence-electron chi connectivity index (χ3n) is 2.00. The van der Waals surface area contributed by atoms with Gasteiger partial charge in [0.1, 0.15) is 12.3 Å². The van der Waals surface area contributed by atoms with Crippen molar-refractivity contribution in [3.8, 4) is 0 Å². The lowest BCUT2D eigenvalue weighted by atomic mass is 10.3. The van der Waals surface area contributed by atoms with Crippen molar-refractivity contribution < 1.29 is 13.9 Å². The summed E-state index contributed by atoms with van der Waals surface area (Å²) in [4.78, 5) is 36.7. The standard InChI is InChI=1S/C8H8N2O5/c11-6-4-14-2-1-10(6)5-3-9-8(13)15-7(5)12/h3H,1-2,4H2,(H,9,13). The van der Waals surface area contributed by atoms with E-state index in [2.05, 4.69) is 9.40 Å². The van der Waals surface area contributed by atoms with E-state index in [1.807, 2.05) is 0 Å². The zero-order valence-electron chi connectivity index (χ0n) is 7.69. The first kappa shape index (κ1) is 9.66. The van der Waals surface area contributed by atoms with Crippen LogP contribution in [0.25, 0.3) is 0 Å². The number of H-pyrrole nitrogens is 1. The van der Waals surface area contributed by atoms with Gasteiger partial charge in [0.05, 0.1) is 6.61 Å². The van der Waals surface area contributed by atoms with Crippen molar-refractivity contribution in [2.75, 3.05) is 24.7 Å². The zero-order valence-corrected chi connectivity index (χ0v) is 7.69. The molecule has 0 atom stereocenters. The van der Waals surface area contributed by atoms with Crippen LogP contribution in [0.2, 0.25) is 0 Å². The van der Waals surface area contributed by atoms with Gasteiger partial charge in [-0.05, 0) is 0 Å². The van der Waals surface area contributed by atoms with Gasteiger partial charge in [-0.1, -0.05) is 0 Å². The van der Waals surface area contributed by atoms with Crippen LogP contribution in [0.4, 0.5) is 5.69 Å². The number of anilines is 1. The monoisotopic (exact) mass is 212 g/mol. The minimum atomic E-state index is -0.843. The first-order valence-corrected chi connectivity index (χ1v) is 4.29. The predicted molar refractivity (Wildman–Crippen MR) is 48.8 cm³/mol. The lowest BCUT2D eigenvalue weighted by molar-refractivity contribution is -0.125. The Kier molecular flexibility index (Phi) is 2.38. The molecule has 1 amide bonds. The van der Waals surface area contributed by atoms with E-state index in [4.69, 9.17) is 4.74 Å². The fourth-order valence-corrected chi connectivity index (χ4v) is 1.31. The highest BCUT2D eigenvalue weighted by atomic mass is 16.5. The second kappa shape index (κ2) is 3.70. The first-order chi connectivity index (χ1) is 7.18. The number of carbonyl (C=O) groups is 1. The number of hydrogen-bond donors (Lipinski definition) is 1. The molecular weight excluding hydrogens is 204 g/mol. The minimum Gasteiger partial charge on any atom is -0.371 e. The van der Waals surface area contributed by atoms with E-state index >= 15 is 0 Å². The largest absolute Gasteiger partial charge is 0.419 e. The molecule has 0 bridgehead atoms. The molecule has 1 N–H and O–H groups in total. The molecular formula is C8H8N2O5. The number of carbonyl (C=O) groups excluding carboxylic acids is 1. The van der Waals surface area contributed by atoms with E-state index in [-0.39, 0.29) is 24.7 Å². The van der Waals surface area contributed by atoms with Crippen LogP contribution in [-0.2, 0) is 9.53 Å². The molecule has 0 spiro atoms. The quantitative estimate of drug-likeness (QED) is 0.624. The Hall–Kier alpha value is -1.89. The summed E-state index contributed by atoms with van der Waals surface area (Å²) >= 11 is 0. The molecule has 1 aliphatic rings. The number of ether oxygens (including phenoxy) is 1. The maximum absolute atomic E-state index is 11.4. The molecule has 1 fully saturated rings. The molecule has 1 saturated heterocycles. The Balaban J connectivity index is 2.40. The summed E-state index contributed by atoms with van der Waals surface area (Å²) in [7, 11) is 0. The Labute approximate surface area is 83.3 Å². The van der Waals surface area contributed by atoms with Crippen molar-refractivity contribution in [1.29, 1.82) is 0 Å². The van der Waals surface area contributed by atoms with E-state index in [1.54, 1.807) is 0 Å². The summed E-state index contributed by atoms with van der Waals surface area (Å²) in [5.41, 5.74) is -0.795. The van der Waals surface area contributed by atoms with Crippen molar-refractivity contribution in [3.63, 3.8) is 0 Å². The average Bonchev–Trinajstić information content (AvgIpc) is 2.20. The summed E-state index contributed by atoms with van der Waals surface area (Å²) in [5, 5.41) is 0. The molecule has 1 aliphatic heterocycles. The summed E-state index contributed by atoms with van der Waals surface area (Å²) in [6.45, 7) is 0.554. The average molecular weight is 212 g/mol. The van der Waals surface area contributed by atoms with Gasteiger partial charge in [-0.3, -0.25) is 9.78 Å². The SMILES string of the molecule is O=C1COCCN1c1c[nH]c(=O)oc1=O.